The van der Waals surface area contributed by atoms with Gasteiger partial charge in [-0.1, -0.05) is 43.3 Å². The van der Waals surface area contributed by atoms with Crippen molar-refractivity contribution in [2.24, 2.45) is 4.99 Å². The molecular formula is C21H32N4O2. The summed E-state index contributed by atoms with van der Waals surface area (Å²) < 4.78 is 10.9. The van der Waals surface area contributed by atoms with E-state index in [1.807, 2.05) is 6.92 Å². The van der Waals surface area contributed by atoms with E-state index in [-0.39, 0.29) is 0 Å². The summed E-state index contributed by atoms with van der Waals surface area (Å²) in [7, 11) is 0. The molecule has 2 aromatic rings. The highest BCUT2D eigenvalue weighted by Gasteiger charge is 2.13. The summed E-state index contributed by atoms with van der Waals surface area (Å²) in [6, 6.07) is 8.40. The summed E-state index contributed by atoms with van der Waals surface area (Å²) in [5, 5.41) is 10.9. The Morgan fingerprint density at radius 2 is 1.78 bits per heavy atom. The minimum atomic E-state index is 0.620. The van der Waals surface area contributed by atoms with E-state index in [1.54, 1.807) is 0 Å². The molecule has 0 spiro atoms. The van der Waals surface area contributed by atoms with Crippen LogP contribution >= 0.6 is 0 Å². The first-order valence-corrected chi connectivity index (χ1v) is 9.85. The molecule has 1 heterocycles. The molecule has 0 aliphatic heterocycles. The number of aryl methyl sites for hydroxylation is 2. The lowest BCUT2D eigenvalue weighted by atomic mass is 10.1. The minimum absolute atomic E-state index is 0.620. The van der Waals surface area contributed by atoms with Crippen LogP contribution in [0.4, 0.5) is 0 Å². The summed E-state index contributed by atoms with van der Waals surface area (Å²) in [5.74, 6) is 1.74. The Morgan fingerprint density at radius 3 is 2.41 bits per heavy atom. The Hall–Kier alpha value is -2.34. The highest BCUT2D eigenvalue weighted by atomic mass is 16.5. The topological polar surface area (TPSA) is 71.7 Å². The van der Waals surface area contributed by atoms with E-state index in [9.17, 15) is 0 Å². The quantitative estimate of drug-likeness (QED) is 0.493. The van der Waals surface area contributed by atoms with Crippen molar-refractivity contribution in [3.8, 4) is 0 Å². The molecule has 2 rings (SSSR count). The third kappa shape index (κ3) is 6.40. The predicted molar refractivity (Wildman–Crippen MR) is 109 cm³/mol. The lowest BCUT2D eigenvalue weighted by Gasteiger charge is -2.12. The van der Waals surface area contributed by atoms with E-state index in [0.29, 0.717) is 19.7 Å². The lowest BCUT2D eigenvalue weighted by molar-refractivity contribution is 0.134. The number of benzene rings is 1. The third-order valence-corrected chi connectivity index (χ3v) is 4.30. The number of aliphatic imine (C=N–C) groups is 1. The van der Waals surface area contributed by atoms with Crippen molar-refractivity contribution >= 4 is 5.96 Å². The molecule has 1 aromatic heterocycles. The van der Waals surface area contributed by atoms with Crippen LogP contribution in [0.25, 0.3) is 0 Å². The number of ether oxygens (including phenoxy) is 1. The van der Waals surface area contributed by atoms with Gasteiger partial charge in [0, 0.05) is 31.7 Å². The smallest absolute Gasteiger partial charge is 0.191 e. The number of rotatable bonds is 10. The number of hydrogen-bond donors (Lipinski definition) is 2. The van der Waals surface area contributed by atoms with Crippen LogP contribution in [0.3, 0.4) is 0 Å². The van der Waals surface area contributed by atoms with Gasteiger partial charge in [-0.3, -0.25) is 0 Å². The van der Waals surface area contributed by atoms with Crippen LogP contribution < -0.4 is 10.6 Å². The second kappa shape index (κ2) is 11.4. The van der Waals surface area contributed by atoms with E-state index in [4.69, 9.17) is 14.3 Å². The second-order valence-corrected chi connectivity index (χ2v) is 6.24. The average molecular weight is 373 g/mol. The molecule has 0 aliphatic carbocycles. The summed E-state index contributed by atoms with van der Waals surface area (Å²) in [5.41, 5.74) is 4.51. The number of hydrogen-bond acceptors (Lipinski definition) is 4. The van der Waals surface area contributed by atoms with Gasteiger partial charge in [0.2, 0.25) is 0 Å². The van der Waals surface area contributed by atoms with Gasteiger partial charge in [0.25, 0.3) is 0 Å². The van der Waals surface area contributed by atoms with Crippen molar-refractivity contribution in [2.45, 2.75) is 60.2 Å². The number of guanidine groups is 1. The molecule has 0 fully saturated rings. The minimum Gasteiger partial charge on any atom is -0.377 e. The lowest BCUT2D eigenvalue weighted by Crippen LogP contribution is -2.37. The SMILES string of the molecule is CCNC(=NCc1ccc(COCC)cc1)NCc1c(CC)noc1CC. The van der Waals surface area contributed by atoms with Crippen LogP contribution in [-0.4, -0.2) is 24.3 Å². The highest BCUT2D eigenvalue weighted by molar-refractivity contribution is 5.79. The van der Waals surface area contributed by atoms with Crippen molar-refractivity contribution in [2.75, 3.05) is 13.2 Å². The summed E-state index contributed by atoms with van der Waals surface area (Å²) in [6.45, 7) is 11.7. The van der Waals surface area contributed by atoms with Gasteiger partial charge in [-0.05, 0) is 31.4 Å². The normalized spacial score (nSPS) is 11.6. The highest BCUT2D eigenvalue weighted by Crippen LogP contribution is 2.15. The Kier molecular flexibility index (Phi) is 8.84. The van der Waals surface area contributed by atoms with Crippen molar-refractivity contribution in [3.63, 3.8) is 0 Å². The van der Waals surface area contributed by atoms with E-state index in [0.717, 1.165) is 49.0 Å². The molecule has 6 heteroatoms. The first-order valence-electron chi connectivity index (χ1n) is 9.85. The van der Waals surface area contributed by atoms with E-state index >= 15 is 0 Å². The van der Waals surface area contributed by atoms with Crippen LogP contribution in [0.15, 0.2) is 33.8 Å². The number of nitrogens with zero attached hydrogens (tertiary/aromatic N) is 2. The van der Waals surface area contributed by atoms with Gasteiger partial charge < -0.3 is 19.9 Å². The van der Waals surface area contributed by atoms with Gasteiger partial charge in [-0.15, -0.1) is 0 Å². The summed E-state index contributed by atoms with van der Waals surface area (Å²) >= 11 is 0. The molecule has 0 amide bonds. The van der Waals surface area contributed by atoms with Gasteiger partial charge in [-0.2, -0.15) is 0 Å². The maximum atomic E-state index is 5.44. The number of aromatic nitrogens is 1. The monoisotopic (exact) mass is 372 g/mol. The summed E-state index contributed by atoms with van der Waals surface area (Å²) in [6.07, 6.45) is 1.70. The fourth-order valence-electron chi connectivity index (χ4n) is 2.78. The fraction of sp³-hybridized carbons (Fsp3) is 0.524. The molecule has 1 aromatic carbocycles. The fourth-order valence-corrected chi connectivity index (χ4v) is 2.78. The molecule has 0 bridgehead atoms. The van der Waals surface area contributed by atoms with Crippen molar-refractivity contribution in [3.05, 3.63) is 52.4 Å². The molecular weight excluding hydrogens is 340 g/mol. The Bertz CT molecular complexity index is 686. The van der Waals surface area contributed by atoms with Crippen molar-refractivity contribution in [1.29, 1.82) is 0 Å². The summed E-state index contributed by atoms with van der Waals surface area (Å²) in [4.78, 5) is 4.70. The molecule has 27 heavy (non-hydrogen) atoms. The number of nitrogens with one attached hydrogen (secondary N) is 2. The zero-order valence-electron chi connectivity index (χ0n) is 17.0. The van der Waals surface area contributed by atoms with Gasteiger partial charge >= 0.3 is 0 Å². The molecule has 0 saturated carbocycles. The molecule has 0 unspecified atom stereocenters. The first kappa shape index (κ1) is 21.0. The van der Waals surface area contributed by atoms with Crippen LogP contribution in [0.2, 0.25) is 0 Å². The van der Waals surface area contributed by atoms with Crippen LogP contribution in [0.1, 0.15) is 55.8 Å². The van der Waals surface area contributed by atoms with Crippen LogP contribution in [0, 0.1) is 0 Å². The maximum absolute atomic E-state index is 5.44. The standard InChI is InChI=1S/C21H32N4O2/c1-5-19-18(20(6-2)27-25-19)14-24-21(22-7-3)23-13-16-9-11-17(12-10-16)15-26-8-4/h9-12H,5-8,13-15H2,1-4H3,(H2,22,23,24). The molecule has 0 saturated heterocycles. The molecule has 0 aliphatic rings. The zero-order chi connectivity index (χ0) is 19.5. The molecule has 6 nitrogen and oxygen atoms in total. The van der Waals surface area contributed by atoms with Gasteiger partial charge in [0.15, 0.2) is 5.96 Å². The Morgan fingerprint density at radius 1 is 1.04 bits per heavy atom. The second-order valence-electron chi connectivity index (χ2n) is 6.24. The van der Waals surface area contributed by atoms with E-state index in [1.165, 1.54) is 11.1 Å². The molecule has 0 atom stereocenters. The average Bonchev–Trinajstić information content (AvgIpc) is 3.11. The Labute approximate surface area is 162 Å². The van der Waals surface area contributed by atoms with Crippen LogP contribution in [0.5, 0.6) is 0 Å². The van der Waals surface area contributed by atoms with E-state index < -0.39 is 0 Å². The molecule has 2 N–H and O–H groups in total. The van der Waals surface area contributed by atoms with Gasteiger partial charge in [-0.25, -0.2) is 4.99 Å². The largest absolute Gasteiger partial charge is 0.377 e. The van der Waals surface area contributed by atoms with Crippen molar-refractivity contribution < 1.29 is 9.26 Å². The van der Waals surface area contributed by atoms with Crippen LogP contribution in [-0.2, 0) is 37.3 Å². The predicted octanol–water partition coefficient (Wildman–Crippen LogP) is 3.59. The third-order valence-electron chi connectivity index (χ3n) is 4.30. The maximum Gasteiger partial charge on any atom is 0.191 e. The zero-order valence-corrected chi connectivity index (χ0v) is 17.0. The van der Waals surface area contributed by atoms with Gasteiger partial charge in [0.1, 0.15) is 5.76 Å². The first-order chi connectivity index (χ1) is 13.2. The van der Waals surface area contributed by atoms with Crippen molar-refractivity contribution in [1.82, 2.24) is 15.8 Å². The van der Waals surface area contributed by atoms with E-state index in [2.05, 4.69) is 60.8 Å². The molecule has 148 valence electrons. The Balaban J connectivity index is 1.99. The van der Waals surface area contributed by atoms with Gasteiger partial charge in [0.05, 0.1) is 18.8 Å². The molecule has 0 radical (unpaired) electrons.